The summed E-state index contributed by atoms with van der Waals surface area (Å²) >= 11 is 0. The van der Waals surface area contributed by atoms with Gasteiger partial charge in [0.1, 0.15) is 5.69 Å². The number of anilines is 1. The van der Waals surface area contributed by atoms with Crippen molar-refractivity contribution in [3.8, 4) is 0 Å². The highest BCUT2D eigenvalue weighted by Crippen LogP contribution is 2.32. The van der Waals surface area contributed by atoms with Crippen LogP contribution < -0.4 is 4.90 Å². The molecule has 8 heteroatoms. The fraction of sp³-hybridized carbons (Fsp3) is 0.538. The average Bonchev–Trinajstić information content (AvgIpc) is 2.50. The maximum atomic E-state index is 13.7. The van der Waals surface area contributed by atoms with Gasteiger partial charge in [-0.05, 0) is 12.8 Å². The van der Waals surface area contributed by atoms with Crippen molar-refractivity contribution in [3.05, 3.63) is 29.1 Å². The quantitative estimate of drug-likeness (QED) is 0.526. The van der Waals surface area contributed by atoms with Crippen LogP contribution in [0.15, 0.2) is 0 Å². The van der Waals surface area contributed by atoms with Crippen molar-refractivity contribution in [2.75, 3.05) is 31.2 Å². The minimum Gasteiger partial charge on any atom is -0.394 e. The molecular formula is C13H14F5NO2. The van der Waals surface area contributed by atoms with Crippen molar-refractivity contribution >= 4 is 5.69 Å². The number of hydrogen-bond donors (Lipinski definition) is 1. The molecule has 0 radical (unpaired) electrons. The number of halogens is 5. The first-order chi connectivity index (χ1) is 9.97. The van der Waals surface area contributed by atoms with Crippen molar-refractivity contribution in [3.63, 3.8) is 0 Å². The number of ether oxygens (including phenoxy) is 1. The Morgan fingerprint density at radius 2 is 1.38 bits per heavy atom. The van der Waals surface area contributed by atoms with Crippen molar-refractivity contribution in [2.45, 2.75) is 18.9 Å². The normalized spacial score (nSPS) is 16.6. The van der Waals surface area contributed by atoms with Crippen LogP contribution in [0.4, 0.5) is 27.6 Å². The number of rotatable bonds is 4. The van der Waals surface area contributed by atoms with Crippen LogP contribution in [0.25, 0.3) is 0 Å². The predicted octanol–water partition coefficient (Wildman–Crippen LogP) is 2.36. The highest BCUT2D eigenvalue weighted by atomic mass is 19.2. The second-order valence-electron chi connectivity index (χ2n) is 4.70. The molecule has 0 aromatic heterocycles. The van der Waals surface area contributed by atoms with Gasteiger partial charge in [-0.2, -0.15) is 0 Å². The van der Waals surface area contributed by atoms with Gasteiger partial charge in [0.25, 0.3) is 0 Å². The molecule has 1 aliphatic rings. The Labute approximate surface area is 117 Å². The number of hydrogen-bond acceptors (Lipinski definition) is 3. The van der Waals surface area contributed by atoms with Crippen LogP contribution in [0.5, 0.6) is 0 Å². The van der Waals surface area contributed by atoms with Gasteiger partial charge in [0.15, 0.2) is 23.3 Å². The Balaban J connectivity index is 2.17. The van der Waals surface area contributed by atoms with Gasteiger partial charge in [-0.3, -0.25) is 0 Å². The molecule has 1 heterocycles. The average molecular weight is 311 g/mol. The number of aliphatic hydroxyl groups is 1. The van der Waals surface area contributed by atoms with E-state index in [0.717, 1.165) is 4.90 Å². The highest BCUT2D eigenvalue weighted by molar-refractivity contribution is 5.50. The maximum absolute atomic E-state index is 13.7. The maximum Gasteiger partial charge on any atom is 0.200 e. The van der Waals surface area contributed by atoms with Crippen LogP contribution in [0, 0.1) is 29.1 Å². The zero-order valence-electron chi connectivity index (χ0n) is 11.0. The first-order valence-electron chi connectivity index (χ1n) is 6.46. The lowest BCUT2D eigenvalue weighted by Crippen LogP contribution is -2.38. The third-order valence-corrected chi connectivity index (χ3v) is 3.39. The van der Waals surface area contributed by atoms with Gasteiger partial charge in [-0.1, -0.05) is 0 Å². The number of aliphatic hydroxyl groups excluding tert-OH is 1. The van der Waals surface area contributed by atoms with Crippen LogP contribution in [0.3, 0.4) is 0 Å². The lowest BCUT2D eigenvalue weighted by Gasteiger charge is -2.33. The summed E-state index contributed by atoms with van der Waals surface area (Å²) in [5.74, 6) is -9.68. The summed E-state index contributed by atoms with van der Waals surface area (Å²) in [6.45, 7) is 0.216. The predicted molar refractivity (Wildman–Crippen MR) is 64.5 cm³/mol. The molecule has 1 saturated heterocycles. The van der Waals surface area contributed by atoms with E-state index in [-0.39, 0.29) is 32.4 Å². The summed E-state index contributed by atoms with van der Waals surface area (Å²) in [7, 11) is 0. The molecule has 1 aliphatic heterocycles. The van der Waals surface area contributed by atoms with Crippen LogP contribution in [-0.2, 0) is 4.74 Å². The van der Waals surface area contributed by atoms with Crippen molar-refractivity contribution < 1.29 is 31.8 Å². The molecule has 0 atom stereocenters. The third kappa shape index (κ3) is 3.11. The van der Waals surface area contributed by atoms with Gasteiger partial charge >= 0.3 is 0 Å². The number of nitrogens with zero attached hydrogens (tertiary/aromatic N) is 1. The van der Waals surface area contributed by atoms with Crippen LogP contribution in [-0.4, -0.2) is 37.5 Å². The molecule has 0 amide bonds. The van der Waals surface area contributed by atoms with E-state index in [4.69, 9.17) is 9.84 Å². The van der Waals surface area contributed by atoms with Crippen molar-refractivity contribution in [1.82, 2.24) is 0 Å². The Hall–Kier alpha value is -1.41. The van der Waals surface area contributed by atoms with Crippen molar-refractivity contribution in [2.24, 2.45) is 0 Å². The van der Waals surface area contributed by atoms with E-state index in [2.05, 4.69) is 0 Å². The van der Waals surface area contributed by atoms with Gasteiger partial charge in [0, 0.05) is 13.1 Å². The molecule has 0 aliphatic carbocycles. The summed E-state index contributed by atoms with van der Waals surface area (Å²) in [6.07, 6.45) is 0.550. The molecule has 1 aromatic rings. The molecule has 118 valence electrons. The minimum absolute atomic E-state index is 0.106. The molecule has 1 N–H and O–H groups in total. The Kier molecular flexibility index (Phi) is 5.00. The summed E-state index contributed by atoms with van der Waals surface area (Å²) in [5, 5.41) is 8.63. The summed E-state index contributed by atoms with van der Waals surface area (Å²) in [4.78, 5) is 1.12. The molecular weight excluding hydrogens is 297 g/mol. The summed E-state index contributed by atoms with van der Waals surface area (Å²) in [5.41, 5.74) is -0.896. The van der Waals surface area contributed by atoms with Gasteiger partial charge < -0.3 is 14.7 Å². The van der Waals surface area contributed by atoms with E-state index < -0.39 is 34.8 Å². The lowest BCUT2D eigenvalue weighted by molar-refractivity contribution is 0.0157. The smallest absolute Gasteiger partial charge is 0.200 e. The molecule has 0 saturated carbocycles. The Morgan fingerprint density at radius 1 is 0.905 bits per heavy atom. The Morgan fingerprint density at radius 3 is 1.86 bits per heavy atom. The number of piperidine rings is 1. The molecule has 0 spiro atoms. The Bertz CT molecular complexity index is 489. The highest BCUT2D eigenvalue weighted by Gasteiger charge is 2.31. The standard InChI is InChI=1S/C13H14F5NO2/c14-8-9(15)11(17)13(12(18)10(8)16)19-3-1-7(2-4-19)21-6-5-20/h7,20H,1-6H2. The minimum atomic E-state index is -2.16. The second-order valence-corrected chi connectivity index (χ2v) is 4.70. The van der Waals surface area contributed by atoms with Crippen molar-refractivity contribution in [1.29, 1.82) is 0 Å². The van der Waals surface area contributed by atoms with Gasteiger partial charge in [0.05, 0.1) is 19.3 Å². The lowest BCUT2D eigenvalue weighted by atomic mass is 10.1. The van der Waals surface area contributed by atoms with Crippen LogP contribution in [0.1, 0.15) is 12.8 Å². The van der Waals surface area contributed by atoms with E-state index >= 15 is 0 Å². The fourth-order valence-electron chi connectivity index (χ4n) is 2.34. The van der Waals surface area contributed by atoms with E-state index in [1.165, 1.54) is 0 Å². The first-order valence-corrected chi connectivity index (χ1v) is 6.46. The van der Waals surface area contributed by atoms with Gasteiger partial charge in [0.2, 0.25) is 5.82 Å². The SMILES string of the molecule is OCCOC1CCN(c2c(F)c(F)c(F)c(F)c2F)CC1. The monoisotopic (exact) mass is 311 g/mol. The summed E-state index contributed by atoms with van der Waals surface area (Å²) < 4.78 is 71.9. The number of benzene rings is 1. The largest absolute Gasteiger partial charge is 0.394 e. The molecule has 3 nitrogen and oxygen atoms in total. The molecule has 2 rings (SSSR count). The van der Waals surface area contributed by atoms with Gasteiger partial charge in [-0.15, -0.1) is 0 Å². The van der Waals surface area contributed by atoms with E-state index in [1.807, 2.05) is 0 Å². The van der Waals surface area contributed by atoms with E-state index in [0.29, 0.717) is 12.8 Å². The first kappa shape index (κ1) is 16.0. The van der Waals surface area contributed by atoms with Crippen LogP contribution >= 0.6 is 0 Å². The molecule has 1 aromatic carbocycles. The zero-order valence-corrected chi connectivity index (χ0v) is 11.0. The molecule has 1 fully saturated rings. The van der Waals surface area contributed by atoms with E-state index in [1.54, 1.807) is 0 Å². The second kappa shape index (κ2) is 6.57. The topological polar surface area (TPSA) is 32.7 Å². The third-order valence-electron chi connectivity index (χ3n) is 3.39. The summed E-state index contributed by atoms with van der Waals surface area (Å²) in [6, 6.07) is 0. The van der Waals surface area contributed by atoms with E-state index in [9.17, 15) is 22.0 Å². The van der Waals surface area contributed by atoms with Gasteiger partial charge in [-0.25, -0.2) is 22.0 Å². The van der Waals surface area contributed by atoms with Crippen LogP contribution in [0.2, 0.25) is 0 Å². The molecule has 0 bridgehead atoms. The fourth-order valence-corrected chi connectivity index (χ4v) is 2.34. The molecule has 21 heavy (non-hydrogen) atoms. The zero-order chi connectivity index (χ0) is 15.6. The molecule has 0 unspecified atom stereocenters.